The average molecular weight is 421 g/mol. The molecule has 0 aliphatic carbocycles. The van der Waals surface area contributed by atoms with E-state index in [1.165, 1.54) is 31.5 Å². The van der Waals surface area contributed by atoms with Gasteiger partial charge in [-0.3, -0.25) is 14.9 Å². The molecular weight excluding hydrogens is 402 g/mol. The molecular formula is C22H19N3O6. The van der Waals surface area contributed by atoms with Gasteiger partial charge in [0.15, 0.2) is 0 Å². The third kappa shape index (κ3) is 5.02. The minimum absolute atomic E-state index is 0.123. The number of nitrogens with one attached hydrogen (secondary N) is 1. The molecule has 9 heteroatoms. The average Bonchev–Trinajstić information content (AvgIpc) is 3.22. The fourth-order valence-corrected chi connectivity index (χ4v) is 3.02. The number of carbonyl (C=O) groups is 2. The van der Waals surface area contributed by atoms with Crippen molar-refractivity contribution in [1.82, 2.24) is 5.43 Å². The summed E-state index contributed by atoms with van der Waals surface area (Å²) >= 11 is 0. The van der Waals surface area contributed by atoms with Crippen molar-refractivity contribution in [3.63, 3.8) is 0 Å². The first-order valence-electron chi connectivity index (χ1n) is 9.23. The van der Waals surface area contributed by atoms with Crippen molar-refractivity contribution in [2.24, 2.45) is 5.10 Å². The van der Waals surface area contributed by atoms with Gasteiger partial charge in [0.1, 0.15) is 11.5 Å². The molecule has 0 saturated carbocycles. The summed E-state index contributed by atoms with van der Waals surface area (Å²) < 4.78 is 10.5. The Morgan fingerprint density at radius 3 is 2.68 bits per heavy atom. The van der Waals surface area contributed by atoms with E-state index in [4.69, 9.17) is 9.15 Å². The zero-order valence-electron chi connectivity index (χ0n) is 16.8. The number of furan rings is 1. The number of methoxy groups -OCH3 is 1. The van der Waals surface area contributed by atoms with Crippen molar-refractivity contribution in [2.75, 3.05) is 7.11 Å². The summed E-state index contributed by atoms with van der Waals surface area (Å²) in [6, 6.07) is 14.6. The number of benzene rings is 2. The number of hydrazone groups is 1. The molecule has 0 aliphatic rings. The second kappa shape index (κ2) is 9.49. The van der Waals surface area contributed by atoms with Gasteiger partial charge in [-0.15, -0.1) is 0 Å². The van der Waals surface area contributed by atoms with Crippen molar-refractivity contribution in [3.8, 4) is 11.3 Å². The number of nitro benzene ring substituents is 1. The van der Waals surface area contributed by atoms with Crippen LogP contribution in [-0.4, -0.2) is 30.1 Å². The Balaban J connectivity index is 1.67. The van der Waals surface area contributed by atoms with Crippen LogP contribution >= 0.6 is 0 Å². The van der Waals surface area contributed by atoms with Crippen molar-refractivity contribution >= 4 is 23.8 Å². The molecule has 1 aromatic heterocycles. The number of nitrogens with zero attached hydrogens (tertiary/aromatic N) is 2. The molecule has 0 fully saturated rings. The Morgan fingerprint density at radius 2 is 1.94 bits per heavy atom. The molecule has 0 atom stereocenters. The van der Waals surface area contributed by atoms with Crippen LogP contribution in [0.15, 0.2) is 64.1 Å². The predicted molar refractivity (Wildman–Crippen MR) is 113 cm³/mol. The molecule has 2 aromatic carbocycles. The maximum atomic E-state index is 12.1. The lowest BCUT2D eigenvalue weighted by atomic mass is 10.0. The topological polar surface area (TPSA) is 124 Å². The first-order chi connectivity index (χ1) is 14.9. The second-order valence-corrected chi connectivity index (χ2v) is 6.53. The second-order valence-electron chi connectivity index (χ2n) is 6.53. The summed E-state index contributed by atoms with van der Waals surface area (Å²) in [5.41, 5.74) is 4.37. The van der Waals surface area contributed by atoms with E-state index in [0.717, 1.165) is 5.56 Å². The fraction of sp³-hybridized carbons (Fsp3) is 0.136. The number of nitro groups is 1. The van der Waals surface area contributed by atoms with E-state index in [2.05, 4.69) is 10.5 Å². The minimum Gasteiger partial charge on any atom is -0.465 e. The maximum Gasteiger partial charge on any atom is 0.338 e. The first kappa shape index (κ1) is 21.4. The van der Waals surface area contributed by atoms with Crippen LogP contribution in [0.5, 0.6) is 0 Å². The van der Waals surface area contributed by atoms with E-state index in [9.17, 15) is 19.7 Å². The highest BCUT2D eigenvalue weighted by molar-refractivity contribution is 5.93. The van der Waals surface area contributed by atoms with Crippen molar-refractivity contribution in [2.45, 2.75) is 13.3 Å². The molecule has 0 aliphatic heterocycles. The molecule has 1 heterocycles. The number of para-hydroxylation sites is 1. The molecule has 0 radical (unpaired) electrons. The lowest BCUT2D eigenvalue weighted by molar-refractivity contribution is -0.385. The summed E-state index contributed by atoms with van der Waals surface area (Å²) in [6.07, 6.45) is 1.14. The smallest absolute Gasteiger partial charge is 0.338 e. The van der Waals surface area contributed by atoms with Gasteiger partial charge in [-0.2, -0.15) is 5.10 Å². The Morgan fingerprint density at radius 1 is 1.16 bits per heavy atom. The SMILES string of the molecule is COC(=O)c1cccc(-c2ccc(/C=N/NC(=O)Cc3ccccc3[N+](=O)[O-])o2)c1C. The van der Waals surface area contributed by atoms with Crippen LogP contribution in [0.3, 0.4) is 0 Å². The van der Waals surface area contributed by atoms with Gasteiger partial charge < -0.3 is 9.15 Å². The van der Waals surface area contributed by atoms with Crippen molar-refractivity contribution < 1.29 is 23.7 Å². The van der Waals surface area contributed by atoms with Gasteiger partial charge in [0.25, 0.3) is 5.69 Å². The molecule has 1 amide bonds. The highest BCUT2D eigenvalue weighted by atomic mass is 16.6. The third-order valence-electron chi connectivity index (χ3n) is 4.55. The van der Waals surface area contributed by atoms with Gasteiger partial charge in [0, 0.05) is 17.2 Å². The largest absolute Gasteiger partial charge is 0.465 e. The quantitative estimate of drug-likeness (QED) is 0.269. The van der Waals surface area contributed by atoms with Crippen LogP contribution in [0.1, 0.15) is 27.2 Å². The number of rotatable bonds is 7. The summed E-state index contributed by atoms with van der Waals surface area (Å²) in [5.74, 6) is -0.0344. The zero-order valence-corrected chi connectivity index (χ0v) is 16.8. The van der Waals surface area contributed by atoms with E-state index in [-0.39, 0.29) is 12.1 Å². The summed E-state index contributed by atoms with van der Waals surface area (Å²) in [5, 5.41) is 14.9. The van der Waals surface area contributed by atoms with Gasteiger partial charge >= 0.3 is 5.97 Å². The molecule has 1 N–H and O–H groups in total. The standard InChI is InChI=1S/C22H19N3O6/c1-14-17(7-5-8-18(14)22(27)30-2)20-11-10-16(31-20)13-23-24-21(26)12-15-6-3-4-9-19(15)25(28)29/h3-11,13H,12H2,1-2H3,(H,24,26)/b23-13+. The van der Waals surface area contributed by atoms with Crippen LogP contribution in [0, 0.1) is 17.0 Å². The molecule has 3 rings (SSSR count). The van der Waals surface area contributed by atoms with Crippen LogP contribution in [0.2, 0.25) is 0 Å². The van der Waals surface area contributed by atoms with E-state index in [0.29, 0.717) is 28.2 Å². The monoisotopic (exact) mass is 421 g/mol. The van der Waals surface area contributed by atoms with Gasteiger partial charge in [-0.05, 0) is 30.7 Å². The Bertz CT molecular complexity index is 1170. The predicted octanol–water partition coefficient (Wildman–Crippen LogP) is 3.64. The number of ether oxygens (including phenoxy) is 1. The third-order valence-corrected chi connectivity index (χ3v) is 4.55. The number of hydrogen-bond donors (Lipinski definition) is 1. The lowest BCUT2D eigenvalue weighted by Gasteiger charge is -2.07. The number of amides is 1. The zero-order chi connectivity index (χ0) is 22.4. The Labute approximate surface area is 177 Å². The maximum absolute atomic E-state index is 12.1. The van der Waals surface area contributed by atoms with E-state index in [1.54, 1.807) is 37.3 Å². The van der Waals surface area contributed by atoms with Gasteiger partial charge in [-0.1, -0.05) is 30.3 Å². The Kier molecular flexibility index (Phi) is 6.56. The molecule has 158 valence electrons. The van der Waals surface area contributed by atoms with Gasteiger partial charge in [0.05, 0.1) is 30.2 Å². The van der Waals surface area contributed by atoms with E-state index >= 15 is 0 Å². The minimum atomic E-state index is -0.534. The number of esters is 1. The van der Waals surface area contributed by atoms with E-state index in [1.807, 2.05) is 6.07 Å². The van der Waals surface area contributed by atoms with Crippen LogP contribution in [-0.2, 0) is 16.0 Å². The molecule has 0 unspecified atom stereocenters. The molecule has 0 saturated heterocycles. The molecule has 9 nitrogen and oxygen atoms in total. The van der Waals surface area contributed by atoms with Crippen molar-refractivity contribution in [1.29, 1.82) is 0 Å². The van der Waals surface area contributed by atoms with Crippen LogP contribution < -0.4 is 5.43 Å². The van der Waals surface area contributed by atoms with Gasteiger partial charge in [0.2, 0.25) is 5.91 Å². The highest BCUT2D eigenvalue weighted by Crippen LogP contribution is 2.27. The molecule has 0 bridgehead atoms. The summed E-state index contributed by atoms with van der Waals surface area (Å²) in [4.78, 5) is 34.4. The summed E-state index contributed by atoms with van der Waals surface area (Å²) in [7, 11) is 1.32. The molecule has 31 heavy (non-hydrogen) atoms. The van der Waals surface area contributed by atoms with Gasteiger partial charge in [-0.25, -0.2) is 10.2 Å². The summed E-state index contributed by atoms with van der Waals surface area (Å²) in [6.45, 7) is 1.79. The normalized spacial score (nSPS) is 10.8. The van der Waals surface area contributed by atoms with Crippen LogP contribution in [0.4, 0.5) is 5.69 Å². The number of carbonyl (C=O) groups excluding carboxylic acids is 2. The van der Waals surface area contributed by atoms with E-state index < -0.39 is 16.8 Å². The molecule has 0 spiro atoms. The highest BCUT2D eigenvalue weighted by Gasteiger charge is 2.16. The number of hydrogen-bond acceptors (Lipinski definition) is 7. The fourth-order valence-electron chi connectivity index (χ4n) is 3.02. The lowest BCUT2D eigenvalue weighted by Crippen LogP contribution is -2.20. The molecule has 3 aromatic rings. The Hall–Kier alpha value is -4.27. The first-order valence-corrected chi connectivity index (χ1v) is 9.23. The van der Waals surface area contributed by atoms with Crippen LogP contribution in [0.25, 0.3) is 11.3 Å². The van der Waals surface area contributed by atoms with Crippen molar-refractivity contribution in [3.05, 3.63) is 87.2 Å².